The molecule has 0 unspecified atom stereocenters. The van der Waals surface area contributed by atoms with Crippen LogP contribution in [0.25, 0.3) is 0 Å². The van der Waals surface area contributed by atoms with Crippen molar-refractivity contribution in [3.63, 3.8) is 0 Å². The van der Waals surface area contributed by atoms with Crippen LogP contribution in [0.3, 0.4) is 0 Å². The first-order valence-electron chi connectivity index (χ1n) is 5.87. The number of nitrogens with one attached hydrogen (secondary N) is 1. The molecule has 0 amide bonds. The molecule has 0 atom stereocenters. The Morgan fingerprint density at radius 1 is 1.32 bits per heavy atom. The highest BCUT2D eigenvalue weighted by Gasteiger charge is 2.34. The van der Waals surface area contributed by atoms with Crippen LogP contribution in [0.2, 0.25) is 0 Å². The molecule has 0 aliphatic carbocycles. The van der Waals surface area contributed by atoms with Gasteiger partial charge in [-0.05, 0) is 12.8 Å². The second kappa shape index (κ2) is 5.96. The lowest BCUT2D eigenvalue weighted by molar-refractivity contribution is -0.141. The van der Waals surface area contributed by atoms with Crippen molar-refractivity contribution < 1.29 is 17.9 Å². The molecule has 8 heteroatoms. The van der Waals surface area contributed by atoms with Crippen molar-refractivity contribution in [3.8, 4) is 0 Å². The zero-order valence-corrected chi connectivity index (χ0v) is 11.1. The summed E-state index contributed by atoms with van der Waals surface area (Å²) in [6, 6.07) is 1.00. The predicted molar refractivity (Wildman–Crippen MR) is 66.3 cm³/mol. The average molecular weight is 293 g/mol. The van der Waals surface area contributed by atoms with Crippen LogP contribution in [-0.4, -0.2) is 35.5 Å². The van der Waals surface area contributed by atoms with Crippen molar-refractivity contribution in [2.45, 2.75) is 29.3 Å². The van der Waals surface area contributed by atoms with E-state index in [0.29, 0.717) is 18.2 Å². The summed E-state index contributed by atoms with van der Waals surface area (Å²) in [6.45, 7) is 1.29. The highest BCUT2D eigenvalue weighted by Crippen LogP contribution is 2.33. The molecule has 1 N–H and O–H groups in total. The minimum atomic E-state index is -4.46. The monoisotopic (exact) mass is 293 g/mol. The fraction of sp³-hybridized carbons (Fsp3) is 0.636. The Hall–Kier alpha value is -1.02. The number of nitrogens with zero attached hydrogens (tertiary/aromatic N) is 2. The maximum atomic E-state index is 12.7. The van der Waals surface area contributed by atoms with Crippen LogP contribution in [0.5, 0.6) is 0 Å². The van der Waals surface area contributed by atoms with Gasteiger partial charge in [0.25, 0.3) is 0 Å². The van der Waals surface area contributed by atoms with Crippen molar-refractivity contribution >= 4 is 17.7 Å². The largest absolute Gasteiger partial charge is 0.433 e. The average Bonchev–Trinajstić information content (AvgIpc) is 2.38. The minimum Gasteiger partial charge on any atom is -0.381 e. The quantitative estimate of drug-likeness (QED) is 0.868. The van der Waals surface area contributed by atoms with E-state index in [1.807, 2.05) is 0 Å². The highest BCUT2D eigenvalue weighted by molar-refractivity contribution is 7.99. The fourth-order valence-corrected chi connectivity index (χ4v) is 2.80. The van der Waals surface area contributed by atoms with E-state index in [2.05, 4.69) is 15.3 Å². The van der Waals surface area contributed by atoms with Crippen molar-refractivity contribution in [2.75, 3.05) is 25.6 Å². The van der Waals surface area contributed by atoms with Crippen LogP contribution in [-0.2, 0) is 10.9 Å². The van der Waals surface area contributed by atoms with Gasteiger partial charge in [-0.15, -0.1) is 11.8 Å². The molecule has 0 saturated carbocycles. The molecule has 1 aromatic rings. The molecule has 1 fully saturated rings. The van der Waals surface area contributed by atoms with E-state index in [9.17, 15) is 13.2 Å². The molecule has 106 valence electrons. The summed E-state index contributed by atoms with van der Waals surface area (Å²) in [7, 11) is 1.50. The van der Waals surface area contributed by atoms with E-state index in [-0.39, 0.29) is 11.2 Å². The third-order valence-electron chi connectivity index (χ3n) is 2.67. The Balaban J connectivity index is 2.19. The summed E-state index contributed by atoms with van der Waals surface area (Å²) < 4.78 is 43.4. The number of rotatable bonds is 3. The maximum absolute atomic E-state index is 12.7. The summed E-state index contributed by atoms with van der Waals surface area (Å²) in [6.07, 6.45) is -2.81. The van der Waals surface area contributed by atoms with Crippen molar-refractivity contribution in [3.05, 3.63) is 11.8 Å². The van der Waals surface area contributed by atoms with Gasteiger partial charge in [0.1, 0.15) is 5.03 Å². The Morgan fingerprint density at radius 2 is 2.00 bits per heavy atom. The maximum Gasteiger partial charge on any atom is 0.433 e. The molecule has 4 nitrogen and oxygen atoms in total. The number of aromatic nitrogens is 2. The highest BCUT2D eigenvalue weighted by atomic mass is 32.2. The molecular weight excluding hydrogens is 279 g/mol. The lowest BCUT2D eigenvalue weighted by Gasteiger charge is -2.21. The number of thioether (sulfide) groups is 1. The molecule has 0 bridgehead atoms. The smallest absolute Gasteiger partial charge is 0.381 e. The van der Waals surface area contributed by atoms with Crippen LogP contribution in [0.1, 0.15) is 18.5 Å². The van der Waals surface area contributed by atoms with Gasteiger partial charge in [-0.2, -0.15) is 13.2 Å². The van der Waals surface area contributed by atoms with Gasteiger partial charge in [0, 0.05) is 31.6 Å². The third kappa shape index (κ3) is 3.97. The van der Waals surface area contributed by atoms with Gasteiger partial charge in [0.2, 0.25) is 5.95 Å². The SMILES string of the molecule is CNc1nc(SC2CCOCC2)cc(C(F)(F)F)n1. The molecule has 1 aliphatic heterocycles. The van der Waals surface area contributed by atoms with Gasteiger partial charge in [0.15, 0.2) is 5.69 Å². The van der Waals surface area contributed by atoms with Crippen LogP contribution in [0.15, 0.2) is 11.1 Å². The lowest BCUT2D eigenvalue weighted by Crippen LogP contribution is -2.18. The van der Waals surface area contributed by atoms with Crippen molar-refractivity contribution in [1.29, 1.82) is 0 Å². The summed E-state index contributed by atoms with van der Waals surface area (Å²) in [5.74, 6) is -0.00983. The number of ether oxygens (including phenoxy) is 1. The molecule has 19 heavy (non-hydrogen) atoms. The molecule has 1 saturated heterocycles. The molecule has 1 aromatic heterocycles. The van der Waals surface area contributed by atoms with Gasteiger partial charge in [-0.25, -0.2) is 9.97 Å². The van der Waals surface area contributed by atoms with Gasteiger partial charge in [-0.1, -0.05) is 0 Å². The van der Waals surface area contributed by atoms with Crippen molar-refractivity contribution in [2.24, 2.45) is 0 Å². The van der Waals surface area contributed by atoms with E-state index in [4.69, 9.17) is 4.74 Å². The van der Waals surface area contributed by atoms with E-state index >= 15 is 0 Å². The van der Waals surface area contributed by atoms with Crippen LogP contribution in [0.4, 0.5) is 19.1 Å². The molecule has 2 rings (SSSR count). The first-order chi connectivity index (χ1) is 8.99. The number of hydrogen-bond donors (Lipinski definition) is 1. The minimum absolute atomic E-state index is 0.00983. The van der Waals surface area contributed by atoms with Gasteiger partial charge in [-0.3, -0.25) is 0 Å². The van der Waals surface area contributed by atoms with Gasteiger partial charge in [0.05, 0.1) is 0 Å². The summed E-state index contributed by atoms with van der Waals surface area (Å²) in [5, 5.41) is 3.15. The first kappa shape index (κ1) is 14.4. The standard InChI is InChI=1S/C11H14F3N3OS/c1-15-10-16-8(11(12,13)14)6-9(17-10)19-7-2-4-18-5-3-7/h6-7H,2-5H2,1H3,(H,15,16,17). The van der Waals surface area contributed by atoms with Gasteiger partial charge < -0.3 is 10.1 Å². The lowest BCUT2D eigenvalue weighted by atomic mass is 10.2. The predicted octanol–water partition coefficient (Wildman–Crippen LogP) is 2.81. The first-order valence-corrected chi connectivity index (χ1v) is 6.75. The van der Waals surface area contributed by atoms with Crippen molar-refractivity contribution in [1.82, 2.24) is 9.97 Å². The Bertz CT molecular complexity index is 436. The Labute approximate surface area is 113 Å². The van der Waals surface area contributed by atoms with E-state index < -0.39 is 11.9 Å². The van der Waals surface area contributed by atoms with Crippen LogP contribution >= 0.6 is 11.8 Å². The normalized spacial score (nSPS) is 17.5. The fourth-order valence-electron chi connectivity index (χ4n) is 1.71. The molecular formula is C11H14F3N3OS. The Kier molecular flexibility index (Phi) is 4.51. The Morgan fingerprint density at radius 3 is 2.58 bits per heavy atom. The van der Waals surface area contributed by atoms with E-state index in [1.54, 1.807) is 0 Å². The molecule has 1 aliphatic rings. The number of hydrogen-bond acceptors (Lipinski definition) is 5. The number of alkyl halides is 3. The summed E-state index contributed by atoms with van der Waals surface area (Å²) in [5.41, 5.74) is -0.915. The number of anilines is 1. The molecule has 0 spiro atoms. The second-order valence-corrected chi connectivity index (χ2v) is 5.41. The van der Waals surface area contributed by atoms with Crippen LogP contribution < -0.4 is 5.32 Å². The zero-order chi connectivity index (χ0) is 13.9. The third-order valence-corrected chi connectivity index (χ3v) is 3.93. The molecule has 0 aromatic carbocycles. The molecule has 2 heterocycles. The zero-order valence-electron chi connectivity index (χ0n) is 10.3. The van der Waals surface area contributed by atoms with E-state index in [1.165, 1.54) is 18.8 Å². The summed E-state index contributed by atoms with van der Waals surface area (Å²) in [4.78, 5) is 7.49. The van der Waals surface area contributed by atoms with E-state index in [0.717, 1.165) is 18.9 Å². The number of halogens is 3. The molecule has 0 radical (unpaired) electrons. The summed E-state index contributed by atoms with van der Waals surface area (Å²) >= 11 is 1.35. The van der Waals surface area contributed by atoms with Crippen LogP contribution in [0, 0.1) is 0 Å². The topological polar surface area (TPSA) is 47.0 Å². The van der Waals surface area contributed by atoms with Gasteiger partial charge >= 0.3 is 6.18 Å². The second-order valence-electron chi connectivity index (χ2n) is 4.09.